The second kappa shape index (κ2) is 11.9. The molecule has 0 saturated carbocycles. The van der Waals surface area contributed by atoms with Gasteiger partial charge >= 0.3 is 6.09 Å². The van der Waals surface area contributed by atoms with Gasteiger partial charge in [-0.2, -0.15) is 5.10 Å². The van der Waals surface area contributed by atoms with Crippen molar-refractivity contribution in [3.63, 3.8) is 0 Å². The second-order valence-electron chi connectivity index (χ2n) is 11.8. The van der Waals surface area contributed by atoms with Crippen molar-refractivity contribution in [1.82, 2.24) is 19.6 Å². The largest absolute Gasteiger partial charge is 0.490 e. The van der Waals surface area contributed by atoms with Crippen LogP contribution in [0.3, 0.4) is 0 Å². The molecule has 9 heteroatoms. The summed E-state index contributed by atoms with van der Waals surface area (Å²) < 4.78 is 19.2. The molecular weight excluding hydrogens is 496 g/mol. The lowest BCUT2D eigenvalue weighted by Crippen LogP contribution is -2.58. The molecule has 0 aliphatic carbocycles. The molecule has 2 aliphatic heterocycles. The molecule has 1 aromatic carbocycles. The predicted octanol–water partition coefficient (Wildman–Crippen LogP) is 4.43. The van der Waals surface area contributed by atoms with Gasteiger partial charge in [-0.25, -0.2) is 14.3 Å². The Morgan fingerprint density at radius 2 is 1.92 bits per heavy atom. The number of morpholine rings is 1. The molecule has 2 saturated heterocycles. The van der Waals surface area contributed by atoms with Crippen LogP contribution in [0.15, 0.2) is 36.1 Å². The van der Waals surface area contributed by atoms with Crippen molar-refractivity contribution < 1.29 is 23.8 Å². The highest BCUT2D eigenvalue weighted by molar-refractivity contribution is 5.68. The van der Waals surface area contributed by atoms with Crippen LogP contribution in [0.25, 0.3) is 5.69 Å². The number of aryl methyl sites for hydroxylation is 2. The van der Waals surface area contributed by atoms with Crippen molar-refractivity contribution in [2.75, 3.05) is 46.4 Å². The molecule has 1 aromatic heterocycles. The van der Waals surface area contributed by atoms with E-state index in [4.69, 9.17) is 14.2 Å². The number of hydrogen-bond donors (Lipinski definition) is 0. The van der Waals surface area contributed by atoms with Crippen molar-refractivity contribution in [2.24, 2.45) is 0 Å². The molecule has 3 heterocycles. The van der Waals surface area contributed by atoms with Crippen LogP contribution in [-0.4, -0.2) is 89.3 Å². The van der Waals surface area contributed by atoms with E-state index in [-0.39, 0.29) is 17.6 Å². The minimum absolute atomic E-state index is 0.0234. The summed E-state index contributed by atoms with van der Waals surface area (Å²) in [5, 5.41) is 4.65. The number of amides is 1. The summed E-state index contributed by atoms with van der Waals surface area (Å²) in [6, 6.07) is 10.4. The van der Waals surface area contributed by atoms with E-state index >= 15 is 0 Å². The topological polar surface area (TPSA) is 86.1 Å². The first-order chi connectivity index (χ1) is 18.5. The number of carbonyl (C=O) groups is 1. The summed E-state index contributed by atoms with van der Waals surface area (Å²) >= 11 is 0. The molecule has 2 aliphatic rings. The number of likely N-dealkylation sites (tertiary alicyclic amines) is 1. The number of nitrogens with zero attached hydrogens (tertiary/aromatic N) is 4. The van der Waals surface area contributed by atoms with Crippen molar-refractivity contribution in [2.45, 2.75) is 71.0 Å². The molecule has 1 atom stereocenters. The van der Waals surface area contributed by atoms with Crippen LogP contribution in [0, 0.1) is 13.8 Å². The molecule has 0 bridgehead atoms. The summed E-state index contributed by atoms with van der Waals surface area (Å²) in [7, 11) is 1.52. The van der Waals surface area contributed by atoms with Crippen LogP contribution in [-0.2, 0) is 19.0 Å². The Hall–Kier alpha value is -3.13. The Kier molecular flexibility index (Phi) is 8.84. The maximum atomic E-state index is 12.6. The van der Waals surface area contributed by atoms with E-state index in [0.29, 0.717) is 31.9 Å². The van der Waals surface area contributed by atoms with Crippen LogP contribution in [0.5, 0.6) is 0 Å². The number of piperidine rings is 1. The molecule has 0 radical (unpaired) electrons. The van der Waals surface area contributed by atoms with E-state index in [1.54, 1.807) is 4.90 Å². The number of carbonyl (C=O) groups excluding carboxylic acids is 2. The SMILES string of the molecule is COC(=C=O)C[C@H](CN1CCOC2(CCN(C(=O)OC(C)(C)C)CC2)C1)c1cccc(-n2nc(C)cc2C)c1. The molecule has 9 nitrogen and oxygen atoms in total. The minimum atomic E-state index is -0.511. The van der Waals surface area contributed by atoms with E-state index in [1.807, 2.05) is 51.3 Å². The van der Waals surface area contributed by atoms with Gasteiger partial charge in [0.2, 0.25) is 0 Å². The molecule has 2 aromatic rings. The average Bonchev–Trinajstić information content (AvgIpc) is 3.23. The fraction of sp³-hybridized carbons (Fsp3) is 0.600. The summed E-state index contributed by atoms with van der Waals surface area (Å²) in [6.07, 6.45) is 1.72. The zero-order valence-corrected chi connectivity index (χ0v) is 24.2. The maximum Gasteiger partial charge on any atom is 0.410 e. The van der Waals surface area contributed by atoms with Gasteiger partial charge in [0.1, 0.15) is 5.60 Å². The Morgan fingerprint density at radius 1 is 1.18 bits per heavy atom. The summed E-state index contributed by atoms with van der Waals surface area (Å²) in [4.78, 5) is 28.3. The van der Waals surface area contributed by atoms with Gasteiger partial charge in [0.15, 0.2) is 11.7 Å². The van der Waals surface area contributed by atoms with Gasteiger partial charge in [-0.3, -0.25) is 4.90 Å². The number of aromatic nitrogens is 2. The summed E-state index contributed by atoms with van der Waals surface area (Å²) in [5.74, 6) is 2.30. The predicted molar refractivity (Wildman–Crippen MR) is 149 cm³/mol. The first-order valence-corrected chi connectivity index (χ1v) is 13.8. The van der Waals surface area contributed by atoms with E-state index in [0.717, 1.165) is 55.1 Å². The standard InChI is InChI=1S/C30H42N4O5/c1-22-16-23(2)34(31-22)26-9-7-8-24(17-26)25(18-27(20-35)37-6)19-32-14-15-38-30(21-32)10-12-33(13-11-30)28(36)39-29(3,4)5/h7-9,16-17,25H,10-15,18-19,21H2,1-6H3/t25-/m1/s1. The molecule has 0 N–H and O–H groups in total. The van der Waals surface area contributed by atoms with Crippen molar-refractivity contribution >= 4 is 12.0 Å². The lowest BCUT2D eigenvalue weighted by atomic mass is 9.88. The van der Waals surface area contributed by atoms with Crippen LogP contribution < -0.4 is 0 Å². The highest BCUT2D eigenvalue weighted by Crippen LogP contribution is 2.33. The van der Waals surface area contributed by atoms with Crippen LogP contribution in [0.1, 0.15) is 62.9 Å². The fourth-order valence-corrected chi connectivity index (χ4v) is 5.60. The third kappa shape index (κ3) is 7.29. The van der Waals surface area contributed by atoms with Gasteiger partial charge in [0.25, 0.3) is 0 Å². The number of hydrogen-bond acceptors (Lipinski definition) is 7. The molecule has 212 valence electrons. The fourth-order valence-electron chi connectivity index (χ4n) is 5.60. The van der Waals surface area contributed by atoms with E-state index in [1.165, 1.54) is 7.11 Å². The van der Waals surface area contributed by atoms with Gasteiger partial charge in [0.05, 0.1) is 30.7 Å². The van der Waals surface area contributed by atoms with Crippen LogP contribution >= 0.6 is 0 Å². The molecular formula is C30H42N4O5. The van der Waals surface area contributed by atoms with Crippen LogP contribution in [0.2, 0.25) is 0 Å². The lowest BCUT2D eigenvalue weighted by Gasteiger charge is -2.47. The molecule has 39 heavy (non-hydrogen) atoms. The van der Waals surface area contributed by atoms with Gasteiger partial charge in [0, 0.05) is 50.8 Å². The number of ether oxygens (including phenoxy) is 3. The van der Waals surface area contributed by atoms with Gasteiger partial charge in [-0.05, 0) is 71.2 Å². The van der Waals surface area contributed by atoms with E-state index in [2.05, 4.69) is 34.3 Å². The number of allylic oxidation sites excluding steroid dienone is 1. The number of methoxy groups -OCH3 is 1. The average molecular weight is 539 g/mol. The molecule has 1 spiro atoms. The highest BCUT2D eigenvalue weighted by Gasteiger charge is 2.41. The smallest absolute Gasteiger partial charge is 0.410 e. The molecule has 2 fully saturated rings. The normalized spacial score (nSPS) is 18.5. The van der Waals surface area contributed by atoms with Crippen molar-refractivity contribution in [3.8, 4) is 5.69 Å². The third-order valence-corrected chi connectivity index (χ3v) is 7.52. The second-order valence-corrected chi connectivity index (χ2v) is 11.8. The summed E-state index contributed by atoms with van der Waals surface area (Å²) in [5.41, 5.74) is 3.34. The zero-order valence-electron chi connectivity index (χ0n) is 24.2. The minimum Gasteiger partial charge on any atom is -0.490 e. The van der Waals surface area contributed by atoms with E-state index < -0.39 is 5.60 Å². The van der Waals surface area contributed by atoms with Crippen LogP contribution in [0.4, 0.5) is 4.79 Å². The first-order valence-electron chi connectivity index (χ1n) is 13.8. The Labute approximate surface area is 231 Å². The summed E-state index contributed by atoms with van der Waals surface area (Å²) in [6.45, 7) is 13.9. The molecule has 1 amide bonds. The third-order valence-electron chi connectivity index (χ3n) is 7.52. The lowest BCUT2D eigenvalue weighted by molar-refractivity contribution is -0.135. The highest BCUT2D eigenvalue weighted by atomic mass is 16.6. The van der Waals surface area contributed by atoms with E-state index in [9.17, 15) is 9.59 Å². The van der Waals surface area contributed by atoms with Gasteiger partial charge < -0.3 is 19.1 Å². The quantitative estimate of drug-likeness (QED) is 0.381. The number of rotatable bonds is 7. The maximum absolute atomic E-state index is 12.6. The Morgan fingerprint density at radius 3 is 2.54 bits per heavy atom. The molecule has 4 rings (SSSR count). The monoisotopic (exact) mass is 538 g/mol. The zero-order chi connectivity index (χ0) is 28.2. The van der Waals surface area contributed by atoms with Crippen molar-refractivity contribution in [1.29, 1.82) is 0 Å². The van der Waals surface area contributed by atoms with Crippen molar-refractivity contribution in [3.05, 3.63) is 53.0 Å². The molecule has 0 unspecified atom stereocenters. The Balaban J connectivity index is 1.49. The Bertz CT molecular complexity index is 1200. The first kappa shape index (κ1) is 28.9. The van der Waals surface area contributed by atoms with Gasteiger partial charge in [-0.15, -0.1) is 0 Å². The van der Waals surface area contributed by atoms with Gasteiger partial charge in [-0.1, -0.05) is 12.1 Å². The number of benzene rings is 1.